The van der Waals surface area contributed by atoms with E-state index in [9.17, 15) is 35.1 Å². The molecule has 6 N–H and O–H groups in total. The Morgan fingerprint density at radius 2 is 0.918 bits per heavy atom. The second-order valence-corrected chi connectivity index (χ2v) is 21.8. The first kappa shape index (κ1) is 69.2. The molecule has 0 radical (unpaired) electrons. The zero-order valence-electron chi connectivity index (χ0n) is 47.5. The lowest BCUT2D eigenvalue weighted by molar-refractivity contribution is -0.305. The van der Waals surface area contributed by atoms with Crippen molar-refractivity contribution in [2.24, 2.45) is 0 Å². The molecule has 0 aromatic carbocycles. The van der Waals surface area contributed by atoms with Crippen LogP contribution in [0.5, 0.6) is 0 Å². The molecule has 1 heterocycles. The van der Waals surface area contributed by atoms with Crippen LogP contribution in [0.2, 0.25) is 0 Å². The maximum Gasteiger partial charge on any atom is 0.306 e. The van der Waals surface area contributed by atoms with E-state index in [0.717, 1.165) is 77.0 Å². The third-order valence-electron chi connectivity index (χ3n) is 14.9. The molecule has 8 unspecified atom stereocenters. The smallest absolute Gasteiger partial charge is 0.306 e. The number of hydrogen-bond acceptors (Lipinski definition) is 10. The lowest BCUT2D eigenvalue weighted by Crippen LogP contribution is -2.61. The number of hydrogen-bond donors (Lipinski definition) is 6. The van der Waals surface area contributed by atoms with Crippen molar-refractivity contribution in [2.45, 2.75) is 346 Å². The molecular formula is C62H117NO10. The van der Waals surface area contributed by atoms with Gasteiger partial charge in [0.2, 0.25) is 5.91 Å². The molecule has 1 amide bonds. The molecule has 430 valence electrons. The van der Waals surface area contributed by atoms with E-state index < -0.39 is 67.4 Å². The molecule has 1 saturated heterocycles. The summed E-state index contributed by atoms with van der Waals surface area (Å²) in [7, 11) is 0. The summed E-state index contributed by atoms with van der Waals surface area (Å²) in [4.78, 5) is 26.4. The van der Waals surface area contributed by atoms with Crippen molar-refractivity contribution in [1.29, 1.82) is 0 Å². The SMILES string of the molecule is CCCC/C=C\CCCCCCCC(=O)OC1C(OCC(NC(=O)C(O)CCCCCCCCCCCCCCCCCCCCCCCC)C(O)/C=C/CCCCCCCCCCC)OC(CO)C(O)C1O. The van der Waals surface area contributed by atoms with Gasteiger partial charge in [-0.25, -0.2) is 0 Å². The minimum Gasteiger partial charge on any atom is -0.454 e. The van der Waals surface area contributed by atoms with Crippen molar-refractivity contribution in [1.82, 2.24) is 5.32 Å². The molecule has 1 rings (SSSR count). The van der Waals surface area contributed by atoms with Gasteiger partial charge in [-0.15, -0.1) is 0 Å². The molecule has 0 aliphatic carbocycles. The van der Waals surface area contributed by atoms with Crippen LogP contribution in [0.3, 0.4) is 0 Å². The zero-order valence-corrected chi connectivity index (χ0v) is 47.5. The molecule has 1 fully saturated rings. The van der Waals surface area contributed by atoms with Gasteiger partial charge in [0.1, 0.15) is 24.4 Å². The highest BCUT2D eigenvalue weighted by Crippen LogP contribution is 2.26. The second kappa shape index (κ2) is 50.9. The minimum atomic E-state index is -1.61. The first-order chi connectivity index (χ1) is 35.7. The normalized spacial score (nSPS) is 19.5. The van der Waals surface area contributed by atoms with E-state index in [1.165, 1.54) is 173 Å². The number of ether oxygens (including phenoxy) is 3. The van der Waals surface area contributed by atoms with E-state index in [1.807, 2.05) is 6.08 Å². The van der Waals surface area contributed by atoms with Gasteiger partial charge in [0.25, 0.3) is 0 Å². The molecule has 8 atom stereocenters. The number of amides is 1. The number of nitrogens with one attached hydrogen (secondary N) is 1. The third kappa shape index (κ3) is 39.2. The number of rotatable bonds is 53. The summed E-state index contributed by atoms with van der Waals surface area (Å²) in [6.07, 6.45) is 48.1. The predicted octanol–water partition coefficient (Wildman–Crippen LogP) is 14.5. The third-order valence-corrected chi connectivity index (χ3v) is 14.9. The van der Waals surface area contributed by atoms with Crippen molar-refractivity contribution in [3.8, 4) is 0 Å². The second-order valence-electron chi connectivity index (χ2n) is 21.8. The fourth-order valence-corrected chi connectivity index (χ4v) is 9.87. The molecule has 11 heteroatoms. The Hall–Kier alpha value is -1.86. The Morgan fingerprint density at radius 1 is 0.521 bits per heavy atom. The molecule has 73 heavy (non-hydrogen) atoms. The average Bonchev–Trinajstić information content (AvgIpc) is 3.39. The van der Waals surface area contributed by atoms with Crippen molar-refractivity contribution in [3.63, 3.8) is 0 Å². The van der Waals surface area contributed by atoms with Gasteiger partial charge in [-0.1, -0.05) is 270 Å². The first-order valence-corrected chi connectivity index (χ1v) is 31.1. The number of aliphatic hydroxyl groups excluding tert-OH is 5. The summed E-state index contributed by atoms with van der Waals surface area (Å²) < 4.78 is 17.6. The molecule has 11 nitrogen and oxygen atoms in total. The van der Waals surface area contributed by atoms with Crippen molar-refractivity contribution in [3.05, 3.63) is 24.3 Å². The van der Waals surface area contributed by atoms with Gasteiger partial charge in [-0.2, -0.15) is 0 Å². The summed E-state index contributed by atoms with van der Waals surface area (Å²) in [6.45, 7) is 5.75. The zero-order chi connectivity index (χ0) is 53.3. The number of esters is 1. The monoisotopic (exact) mass is 1040 g/mol. The van der Waals surface area contributed by atoms with Crippen LogP contribution in [0.15, 0.2) is 24.3 Å². The van der Waals surface area contributed by atoms with E-state index in [4.69, 9.17) is 14.2 Å². The summed E-state index contributed by atoms with van der Waals surface area (Å²) in [5.74, 6) is -1.19. The molecule has 0 aromatic rings. The summed E-state index contributed by atoms with van der Waals surface area (Å²) >= 11 is 0. The molecule has 0 bridgehead atoms. The summed E-state index contributed by atoms with van der Waals surface area (Å²) in [5, 5.41) is 56.8. The fourth-order valence-electron chi connectivity index (χ4n) is 9.87. The lowest BCUT2D eigenvalue weighted by Gasteiger charge is -2.41. The number of allylic oxidation sites excluding steroid dienone is 3. The number of unbranched alkanes of at least 4 members (excludes halogenated alkanes) is 37. The first-order valence-electron chi connectivity index (χ1n) is 31.1. The van der Waals surface area contributed by atoms with Gasteiger partial charge < -0.3 is 45.1 Å². The van der Waals surface area contributed by atoms with Crippen LogP contribution >= 0.6 is 0 Å². The minimum absolute atomic E-state index is 0.116. The molecule has 0 spiro atoms. The average molecular weight is 1040 g/mol. The van der Waals surface area contributed by atoms with Crippen LogP contribution < -0.4 is 5.32 Å². The Morgan fingerprint density at radius 3 is 1.37 bits per heavy atom. The quantitative estimate of drug-likeness (QED) is 0.0195. The van der Waals surface area contributed by atoms with Crippen LogP contribution in [0.1, 0.15) is 297 Å². The van der Waals surface area contributed by atoms with E-state index >= 15 is 0 Å². The van der Waals surface area contributed by atoms with Crippen LogP contribution in [0, 0.1) is 0 Å². The van der Waals surface area contributed by atoms with Gasteiger partial charge in [-0.05, 0) is 44.9 Å². The Balaban J connectivity index is 2.60. The Labute approximate surface area is 448 Å². The lowest BCUT2D eigenvalue weighted by atomic mass is 9.99. The number of carbonyl (C=O) groups excluding carboxylic acids is 2. The highest BCUT2D eigenvalue weighted by atomic mass is 16.7. The van der Waals surface area contributed by atoms with Gasteiger partial charge in [0.05, 0.1) is 25.4 Å². The Kier molecular flexibility index (Phi) is 48.2. The highest BCUT2D eigenvalue weighted by molar-refractivity contribution is 5.80. The maximum absolute atomic E-state index is 13.4. The number of carbonyl (C=O) groups is 2. The van der Waals surface area contributed by atoms with E-state index in [-0.39, 0.29) is 13.0 Å². The highest BCUT2D eigenvalue weighted by Gasteiger charge is 2.47. The van der Waals surface area contributed by atoms with Crippen LogP contribution in [0.4, 0.5) is 0 Å². The van der Waals surface area contributed by atoms with E-state index in [1.54, 1.807) is 6.08 Å². The molecular weight excluding hydrogens is 919 g/mol. The summed E-state index contributed by atoms with van der Waals surface area (Å²) in [5.41, 5.74) is 0. The number of aliphatic hydroxyl groups is 5. The standard InChI is InChI=1S/C62H117NO10/c1-4-7-10-13-16-19-22-23-24-25-26-27-28-29-30-31-32-35-37-40-43-46-49-55(66)61(70)63-53(54(65)48-45-42-39-36-33-20-17-14-11-8-5-2)52-71-62-60(59(69)58(68)56(51-64)72-62)73-57(67)50-47-44-41-38-34-21-18-15-12-9-6-3/h15,18,45,48,53-56,58-60,62,64-66,68-69H,4-14,16-17,19-44,46-47,49-52H2,1-3H3,(H,63,70)/b18-15-,48-45+. The van der Waals surface area contributed by atoms with Gasteiger partial charge >= 0.3 is 5.97 Å². The van der Waals surface area contributed by atoms with E-state index in [0.29, 0.717) is 19.3 Å². The molecule has 1 aliphatic rings. The van der Waals surface area contributed by atoms with E-state index in [2.05, 4.69) is 38.2 Å². The Bertz CT molecular complexity index is 1280. The van der Waals surface area contributed by atoms with Crippen molar-refractivity contribution in [2.75, 3.05) is 13.2 Å². The van der Waals surface area contributed by atoms with Crippen molar-refractivity contribution >= 4 is 11.9 Å². The van der Waals surface area contributed by atoms with Crippen molar-refractivity contribution < 1.29 is 49.3 Å². The molecule has 0 aromatic heterocycles. The summed E-state index contributed by atoms with van der Waals surface area (Å²) in [6, 6.07) is -1.02. The van der Waals surface area contributed by atoms with Gasteiger partial charge in [0, 0.05) is 6.42 Å². The predicted molar refractivity (Wildman–Crippen MR) is 301 cm³/mol. The van der Waals surface area contributed by atoms with Gasteiger partial charge in [-0.3, -0.25) is 9.59 Å². The molecule has 0 saturated carbocycles. The molecule has 1 aliphatic heterocycles. The van der Waals surface area contributed by atoms with Crippen LogP contribution in [-0.4, -0.2) is 99.6 Å². The van der Waals surface area contributed by atoms with Crippen LogP contribution in [-0.2, 0) is 23.8 Å². The van der Waals surface area contributed by atoms with Crippen LogP contribution in [0.25, 0.3) is 0 Å². The topological polar surface area (TPSA) is 175 Å². The largest absolute Gasteiger partial charge is 0.454 e. The fraction of sp³-hybridized carbons (Fsp3) is 0.903. The maximum atomic E-state index is 13.4. The van der Waals surface area contributed by atoms with Gasteiger partial charge in [0.15, 0.2) is 12.4 Å².